The van der Waals surface area contributed by atoms with Crippen LogP contribution in [0.5, 0.6) is 0 Å². The van der Waals surface area contributed by atoms with Crippen LogP contribution in [0.2, 0.25) is 0 Å². The number of amides is 2. The lowest BCUT2D eigenvalue weighted by molar-refractivity contribution is -0.134. The Bertz CT molecular complexity index is 1170. The van der Waals surface area contributed by atoms with Gasteiger partial charge in [0, 0.05) is 25.8 Å². The van der Waals surface area contributed by atoms with Gasteiger partial charge < -0.3 is 15.0 Å². The molecule has 1 aliphatic rings. The molecule has 1 saturated heterocycles. The molecule has 3 aromatic rings. The van der Waals surface area contributed by atoms with Crippen LogP contribution in [0, 0.1) is 0 Å². The van der Waals surface area contributed by atoms with Gasteiger partial charge in [-0.1, -0.05) is 60.7 Å². The van der Waals surface area contributed by atoms with Crippen LogP contribution in [-0.2, 0) is 27.4 Å². The third-order valence-corrected chi connectivity index (χ3v) is 6.25. The van der Waals surface area contributed by atoms with Crippen LogP contribution in [0.25, 0.3) is 0 Å². The number of anilines is 1. The summed E-state index contributed by atoms with van der Waals surface area (Å²) in [6.45, 7) is 1.30. The van der Waals surface area contributed by atoms with E-state index >= 15 is 0 Å². The smallest absolute Gasteiger partial charge is 0.338 e. The maximum atomic E-state index is 13.3. The second-order valence-electron chi connectivity index (χ2n) is 8.87. The van der Waals surface area contributed by atoms with Crippen LogP contribution in [-0.4, -0.2) is 55.4 Å². The van der Waals surface area contributed by atoms with Gasteiger partial charge in [0.25, 0.3) is 0 Å². The number of carbonyl (C=O) groups excluding carboxylic acids is 3. The number of esters is 1. The molecule has 4 rings (SSSR count). The van der Waals surface area contributed by atoms with Crippen molar-refractivity contribution >= 4 is 23.5 Å². The van der Waals surface area contributed by atoms with E-state index in [2.05, 4.69) is 17.4 Å². The first kappa shape index (κ1) is 25.1. The summed E-state index contributed by atoms with van der Waals surface area (Å²) < 4.78 is 5.39. The molecule has 1 aliphatic heterocycles. The van der Waals surface area contributed by atoms with Crippen LogP contribution in [0.15, 0.2) is 84.9 Å². The summed E-state index contributed by atoms with van der Waals surface area (Å²) in [5.74, 6) is -0.636. The Hall–Kier alpha value is -3.97. The van der Waals surface area contributed by atoms with Crippen molar-refractivity contribution in [2.45, 2.75) is 25.5 Å². The first-order valence-corrected chi connectivity index (χ1v) is 12.2. The topological polar surface area (TPSA) is 79.0 Å². The third kappa shape index (κ3) is 6.37. The maximum absolute atomic E-state index is 13.3. The molecule has 3 aromatic carbocycles. The third-order valence-electron chi connectivity index (χ3n) is 6.25. The van der Waals surface area contributed by atoms with Gasteiger partial charge in [-0.3, -0.25) is 14.5 Å². The zero-order valence-corrected chi connectivity index (χ0v) is 20.4. The predicted octanol–water partition coefficient (Wildman–Crippen LogP) is 3.44. The van der Waals surface area contributed by atoms with Crippen LogP contribution < -0.4 is 10.2 Å². The summed E-state index contributed by atoms with van der Waals surface area (Å²) in [5, 5.41) is 3.07. The lowest BCUT2D eigenvalue weighted by atomic mass is 10.1. The van der Waals surface area contributed by atoms with Crippen molar-refractivity contribution in [1.82, 2.24) is 10.2 Å². The zero-order valence-electron chi connectivity index (χ0n) is 20.4. The van der Waals surface area contributed by atoms with Gasteiger partial charge in [0.2, 0.25) is 11.8 Å². The first-order chi connectivity index (χ1) is 17.5. The molecule has 1 fully saturated rings. The predicted molar refractivity (Wildman–Crippen MR) is 139 cm³/mol. The number of ether oxygens (including phenoxy) is 1. The quantitative estimate of drug-likeness (QED) is 0.470. The van der Waals surface area contributed by atoms with E-state index in [0.717, 1.165) is 18.4 Å². The minimum Gasteiger partial charge on any atom is -0.457 e. The highest BCUT2D eigenvalue weighted by molar-refractivity contribution is 6.02. The fourth-order valence-corrected chi connectivity index (χ4v) is 4.28. The van der Waals surface area contributed by atoms with Gasteiger partial charge in [0.05, 0.1) is 12.1 Å². The normalized spacial score (nSPS) is 15.4. The van der Waals surface area contributed by atoms with Crippen molar-refractivity contribution < 1.29 is 19.1 Å². The van der Waals surface area contributed by atoms with Gasteiger partial charge in [0.1, 0.15) is 12.6 Å². The second kappa shape index (κ2) is 12.1. The summed E-state index contributed by atoms with van der Waals surface area (Å²) in [6, 6.07) is 25.6. The molecular weight excluding hydrogens is 454 g/mol. The monoisotopic (exact) mass is 485 g/mol. The molecule has 0 saturated carbocycles. The highest BCUT2D eigenvalue weighted by Crippen LogP contribution is 2.22. The van der Waals surface area contributed by atoms with E-state index in [4.69, 9.17) is 4.74 Å². The first-order valence-electron chi connectivity index (χ1n) is 12.2. The van der Waals surface area contributed by atoms with Crippen molar-refractivity contribution in [3.8, 4) is 0 Å². The van der Waals surface area contributed by atoms with Gasteiger partial charge >= 0.3 is 5.97 Å². The molecular formula is C29H31N3O4. The summed E-state index contributed by atoms with van der Waals surface area (Å²) >= 11 is 0. The SMILES string of the molecule is CN(CCCc1ccccc1)C(=O)[C@H]1CNCC(=O)N1c1ccc(COC(=O)c2ccccc2)cc1. The van der Waals surface area contributed by atoms with E-state index in [9.17, 15) is 14.4 Å². The molecule has 0 aliphatic carbocycles. The van der Waals surface area contributed by atoms with Gasteiger partial charge in [-0.15, -0.1) is 0 Å². The fraction of sp³-hybridized carbons (Fsp3) is 0.276. The van der Waals surface area contributed by atoms with E-state index in [1.54, 1.807) is 53.2 Å². The van der Waals surface area contributed by atoms with Gasteiger partial charge in [-0.05, 0) is 48.2 Å². The molecule has 1 heterocycles. The Balaban J connectivity index is 1.36. The summed E-state index contributed by atoms with van der Waals surface area (Å²) in [4.78, 5) is 41.6. The number of benzene rings is 3. The molecule has 186 valence electrons. The number of nitrogens with zero attached hydrogens (tertiary/aromatic N) is 2. The number of carbonyl (C=O) groups is 3. The summed E-state index contributed by atoms with van der Waals surface area (Å²) in [5.41, 5.74) is 3.18. The minimum absolute atomic E-state index is 0.0931. The van der Waals surface area contributed by atoms with Gasteiger partial charge in [-0.25, -0.2) is 4.79 Å². The van der Waals surface area contributed by atoms with E-state index < -0.39 is 12.0 Å². The van der Waals surface area contributed by atoms with Crippen LogP contribution >= 0.6 is 0 Å². The van der Waals surface area contributed by atoms with Crippen LogP contribution in [0.4, 0.5) is 5.69 Å². The van der Waals surface area contributed by atoms with Crippen LogP contribution in [0.1, 0.15) is 27.9 Å². The van der Waals surface area contributed by atoms with Crippen molar-refractivity contribution in [3.63, 3.8) is 0 Å². The van der Waals surface area contributed by atoms with Gasteiger partial charge in [0.15, 0.2) is 0 Å². The molecule has 0 aromatic heterocycles. The molecule has 0 unspecified atom stereocenters. The summed E-state index contributed by atoms with van der Waals surface area (Å²) in [6.07, 6.45) is 1.73. The number of aryl methyl sites for hydroxylation is 1. The molecule has 7 heteroatoms. The van der Waals surface area contributed by atoms with Crippen molar-refractivity contribution in [2.24, 2.45) is 0 Å². The highest BCUT2D eigenvalue weighted by Gasteiger charge is 2.35. The van der Waals surface area contributed by atoms with Crippen LogP contribution in [0.3, 0.4) is 0 Å². The summed E-state index contributed by atoms with van der Waals surface area (Å²) in [7, 11) is 1.79. The van der Waals surface area contributed by atoms with Crippen molar-refractivity contribution in [2.75, 3.05) is 31.6 Å². The lowest BCUT2D eigenvalue weighted by Gasteiger charge is -2.37. The molecule has 0 spiro atoms. The Kier molecular flexibility index (Phi) is 8.47. The average molecular weight is 486 g/mol. The number of hydrogen-bond donors (Lipinski definition) is 1. The molecule has 0 bridgehead atoms. The van der Waals surface area contributed by atoms with E-state index in [0.29, 0.717) is 24.3 Å². The highest BCUT2D eigenvalue weighted by atomic mass is 16.5. The largest absolute Gasteiger partial charge is 0.457 e. The number of likely N-dealkylation sites (N-methyl/N-ethyl adjacent to an activating group) is 1. The Morgan fingerprint density at radius 3 is 2.31 bits per heavy atom. The Morgan fingerprint density at radius 1 is 0.944 bits per heavy atom. The molecule has 1 atom stereocenters. The number of piperazine rings is 1. The number of rotatable bonds is 9. The molecule has 1 N–H and O–H groups in total. The fourth-order valence-electron chi connectivity index (χ4n) is 4.28. The van der Waals surface area contributed by atoms with Crippen molar-refractivity contribution in [1.29, 1.82) is 0 Å². The Morgan fingerprint density at radius 2 is 1.61 bits per heavy atom. The molecule has 2 amide bonds. The minimum atomic E-state index is -0.616. The lowest BCUT2D eigenvalue weighted by Crippen LogP contribution is -2.61. The van der Waals surface area contributed by atoms with E-state index in [1.807, 2.05) is 36.4 Å². The second-order valence-corrected chi connectivity index (χ2v) is 8.87. The standard InChI is InChI=1S/C29H31N3O4/c1-31(18-8-11-22-9-4-2-5-10-22)28(34)26-19-30-20-27(33)32(26)25-16-14-23(15-17-25)21-36-29(35)24-12-6-3-7-13-24/h2-7,9-10,12-17,26,30H,8,11,18-21H2,1H3/t26-/m1/s1. The molecule has 36 heavy (non-hydrogen) atoms. The average Bonchev–Trinajstić information content (AvgIpc) is 2.92. The maximum Gasteiger partial charge on any atom is 0.338 e. The Labute approximate surface area is 211 Å². The number of nitrogens with one attached hydrogen (secondary N) is 1. The number of hydrogen-bond acceptors (Lipinski definition) is 5. The molecule has 0 radical (unpaired) electrons. The van der Waals surface area contributed by atoms with E-state index in [1.165, 1.54) is 5.56 Å². The zero-order chi connectivity index (χ0) is 25.3. The van der Waals surface area contributed by atoms with Crippen molar-refractivity contribution in [3.05, 3.63) is 102 Å². The molecule has 7 nitrogen and oxygen atoms in total. The van der Waals surface area contributed by atoms with E-state index in [-0.39, 0.29) is 25.0 Å². The van der Waals surface area contributed by atoms with Gasteiger partial charge in [-0.2, -0.15) is 0 Å².